The Hall–Kier alpha value is -3.66. The van der Waals surface area contributed by atoms with Crippen molar-refractivity contribution in [2.75, 3.05) is 23.0 Å². The first kappa shape index (κ1) is 24.4. The number of sulfone groups is 1. The SMILES string of the molecule is Cc1noc(C)c1-c1ccc2c(c1)nc([C@@H]1CCC(=O)N1c1ccc3c(c1)CCO3)n2C1CCS(=O)(=O)CC1. The van der Waals surface area contributed by atoms with E-state index in [1.54, 1.807) is 0 Å². The summed E-state index contributed by atoms with van der Waals surface area (Å²) in [6.45, 7) is 4.48. The first-order chi connectivity index (χ1) is 18.8. The van der Waals surface area contributed by atoms with E-state index >= 15 is 0 Å². The van der Waals surface area contributed by atoms with Gasteiger partial charge in [0.25, 0.3) is 0 Å². The van der Waals surface area contributed by atoms with Gasteiger partial charge in [-0.3, -0.25) is 4.79 Å². The van der Waals surface area contributed by atoms with E-state index in [4.69, 9.17) is 14.2 Å². The normalized spacial score (nSPS) is 21.0. The Morgan fingerprint density at radius 1 is 1.00 bits per heavy atom. The molecule has 2 aromatic carbocycles. The highest BCUT2D eigenvalue weighted by atomic mass is 32.2. The number of carbonyl (C=O) groups is 1. The van der Waals surface area contributed by atoms with Crippen molar-refractivity contribution in [3.05, 3.63) is 59.2 Å². The molecule has 0 bridgehead atoms. The van der Waals surface area contributed by atoms with Crippen LogP contribution in [0.5, 0.6) is 5.75 Å². The summed E-state index contributed by atoms with van der Waals surface area (Å²) in [5, 5.41) is 4.11. The monoisotopic (exact) mass is 546 g/mol. The molecular weight excluding hydrogens is 516 g/mol. The van der Waals surface area contributed by atoms with Gasteiger partial charge in [-0.05, 0) is 74.6 Å². The lowest BCUT2D eigenvalue weighted by atomic mass is 10.0. The van der Waals surface area contributed by atoms with Gasteiger partial charge in [0, 0.05) is 30.1 Å². The predicted octanol–water partition coefficient (Wildman–Crippen LogP) is 4.86. The van der Waals surface area contributed by atoms with Gasteiger partial charge in [0.2, 0.25) is 5.91 Å². The van der Waals surface area contributed by atoms with Gasteiger partial charge in [0.15, 0.2) is 0 Å². The summed E-state index contributed by atoms with van der Waals surface area (Å²) in [6.07, 6.45) is 2.98. The third-order valence-electron chi connectivity index (χ3n) is 8.39. The molecule has 202 valence electrons. The van der Waals surface area contributed by atoms with Gasteiger partial charge in [-0.25, -0.2) is 13.4 Å². The Morgan fingerprint density at radius 2 is 1.82 bits per heavy atom. The smallest absolute Gasteiger partial charge is 0.227 e. The third-order valence-corrected chi connectivity index (χ3v) is 10.1. The number of carbonyl (C=O) groups excluding carboxylic acids is 1. The van der Waals surface area contributed by atoms with Crippen LogP contribution in [0.25, 0.3) is 22.2 Å². The molecule has 1 amide bonds. The van der Waals surface area contributed by atoms with Crippen molar-refractivity contribution in [2.45, 2.75) is 58.0 Å². The van der Waals surface area contributed by atoms with Crippen molar-refractivity contribution >= 4 is 32.5 Å². The standard InChI is InChI=1S/C29H30N4O5S/c1-17-28(18(2)38-31-17)20-3-5-24-23(16-20)30-29(33(24)21-10-13-39(35,36)14-11-21)25-6-8-27(34)32(25)22-4-7-26-19(15-22)9-12-37-26/h3-5,7,15-16,21,25H,6,8-14H2,1-2H3/t25-/m0/s1. The molecule has 0 saturated carbocycles. The van der Waals surface area contributed by atoms with E-state index in [-0.39, 0.29) is 29.5 Å². The maximum atomic E-state index is 13.3. The maximum Gasteiger partial charge on any atom is 0.227 e. The second kappa shape index (κ2) is 8.94. The number of hydrogen-bond donors (Lipinski definition) is 0. The zero-order chi connectivity index (χ0) is 26.9. The van der Waals surface area contributed by atoms with Crippen LogP contribution in [0.4, 0.5) is 5.69 Å². The average molecular weight is 547 g/mol. The molecule has 4 aromatic rings. The zero-order valence-corrected chi connectivity index (χ0v) is 22.8. The second-order valence-electron chi connectivity index (χ2n) is 10.8. The number of amides is 1. The van der Waals surface area contributed by atoms with E-state index in [9.17, 15) is 13.2 Å². The van der Waals surface area contributed by atoms with Crippen LogP contribution in [0.15, 0.2) is 40.9 Å². The van der Waals surface area contributed by atoms with Gasteiger partial charge in [-0.2, -0.15) is 0 Å². The summed E-state index contributed by atoms with van der Waals surface area (Å²) in [4.78, 5) is 20.3. The Morgan fingerprint density at radius 3 is 2.59 bits per heavy atom. The fourth-order valence-electron chi connectivity index (χ4n) is 6.50. The number of aryl methyl sites for hydroxylation is 2. The molecular formula is C29H30N4O5S. The summed E-state index contributed by atoms with van der Waals surface area (Å²) in [5.74, 6) is 2.83. The van der Waals surface area contributed by atoms with Crippen LogP contribution in [0.2, 0.25) is 0 Å². The van der Waals surface area contributed by atoms with E-state index in [0.29, 0.717) is 32.3 Å². The minimum atomic E-state index is -3.03. The Labute approximate surface area is 226 Å². The predicted molar refractivity (Wildman–Crippen MR) is 147 cm³/mol. The van der Waals surface area contributed by atoms with Gasteiger partial charge in [-0.1, -0.05) is 11.2 Å². The number of ether oxygens (including phenoxy) is 1. The summed E-state index contributed by atoms with van der Waals surface area (Å²) in [6, 6.07) is 11.9. The van der Waals surface area contributed by atoms with Crippen LogP contribution in [0.3, 0.4) is 0 Å². The lowest BCUT2D eigenvalue weighted by Gasteiger charge is -2.30. The lowest BCUT2D eigenvalue weighted by Crippen LogP contribution is -2.32. The zero-order valence-electron chi connectivity index (χ0n) is 22.0. The summed E-state index contributed by atoms with van der Waals surface area (Å²) in [7, 11) is -3.03. The number of anilines is 1. The van der Waals surface area contributed by atoms with Crippen LogP contribution < -0.4 is 9.64 Å². The minimum absolute atomic E-state index is 0.00980. The molecule has 39 heavy (non-hydrogen) atoms. The summed E-state index contributed by atoms with van der Waals surface area (Å²) in [5.41, 5.74) is 6.48. The molecule has 7 rings (SSSR count). The number of fused-ring (bicyclic) bond motifs is 2. The highest BCUT2D eigenvalue weighted by Crippen LogP contribution is 2.42. The van der Waals surface area contributed by atoms with Crippen molar-refractivity contribution < 1.29 is 22.5 Å². The Bertz CT molecular complexity index is 1700. The van der Waals surface area contributed by atoms with Crippen molar-refractivity contribution in [3.8, 4) is 16.9 Å². The van der Waals surface area contributed by atoms with Gasteiger partial charge >= 0.3 is 0 Å². The van der Waals surface area contributed by atoms with Crippen LogP contribution >= 0.6 is 0 Å². The topological polar surface area (TPSA) is 108 Å². The molecule has 0 radical (unpaired) electrons. The van der Waals surface area contributed by atoms with Gasteiger partial charge in [0.05, 0.1) is 40.9 Å². The average Bonchev–Trinajstić information content (AvgIpc) is 3.68. The molecule has 1 atom stereocenters. The molecule has 3 aliphatic rings. The summed E-state index contributed by atoms with van der Waals surface area (Å²) < 4.78 is 37.9. The maximum absolute atomic E-state index is 13.3. The molecule has 10 heteroatoms. The summed E-state index contributed by atoms with van der Waals surface area (Å²) >= 11 is 0. The number of benzene rings is 2. The second-order valence-corrected chi connectivity index (χ2v) is 13.1. The van der Waals surface area contributed by atoms with E-state index < -0.39 is 9.84 Å². The lowest BCUT2D eigenvalue weighted by molar-refractivity contribution is -0.117. The molecule has 2 fully saturated rings. The number of hydrogen-bond acceptors (Lipinski definition) is 7. The fourth-order valence-corrected chi connectivity index (χ4v) is 7.96. The van der Waals surface area contributed by atoms with E-state index in [1.807, 2.05) is 30.9 Å². The first-order valence-electron chi connectivity index (χ1n) is 13.5. The number of nitrogens with zero attached hydrogens (tertiary/aromatic N) is 4. The largest absolute Gasteiger partial charge is 0.493 e. The third kappa shape index (κ3) is 4.04. The molecule has 0 spiro atoms. The quantitative estimate of drug-likeness (QED) is 0.360. The first-order valence-corrected chi connectivity index (χ1v) is 15.3. The van der Waals surface area contributed by atoms with E-state index in [0.717, 1.165) is 62.9 Å². The van der Waals surface area contributed by atoms with E-state index in [2.05, 4.69) is 34.0 Å². The number of imidazole rings is 1. The van der Waals surface area contributed by atoms with Gasteiger partial charge < -0.3 is 18.7 Å². The molecule has 0 N–H and O–H groups in total. The molecule has 0 unspecified atom stereocenters. The molecule has 9 nitrogen and oxygen atoms in total. The number of rotatable bonds is 4. The van der Waals surface area contributed by atoms with Crippen molar-refractivity contribution in [3.63, 3.8) is 0 Å². The minimum Gasteiger partial charge on any atom is -0.493 e. The molecule has 0 aliphatic carbocycles. The molecule has 3 aliphatic heterocycles. The highest BCUT2D eigenvalue weighted by molar-refractivity contribution is 7.91. The van der Waals surface area contributed by atoms with Crippen LogP contribution in [-0.2, 0) is 21.1 Å². The number of aromatic nitrogens is 3. The molecule has 2 saturated heterocycles. The van der Waals surface area contributed by atoms with Crippen molar-refractivity contribution in [1.82, 2.24) is 14.7 Å². The van der Waals surface area contributed by atoms with Crippen molar-refractivity contribution in [1.29, 1.82) is 0 Å². The van der Waals surface area contributed by atoms with E-state index in [1.165, 1.54) is 0 Å². The Balaban J connectivity index is 1.37. The Kier molecular flexibility index (Phi) is 5.59. The van der Waals surface area contributed by atoms with Crippen molar-refractivity contribution in [2.24, 2.45) is 0 Å². The molecule has 2 aromatic heterocycles. The van der Waals surface area contributed by atoms with Crippen LogP contribution in [0.1, 0.15) is 60.6 Å². The fraction of sp³-hybridized carbons (Fsp3) is 0.414. The van der Waals surface area contributed by atoms with Crippen LogP contribution in [-0.4, -0.2) is 47.1 Å². The highest BCUT2D eigenvalue weighted by Gasteiger charge is 2.39. The van der Waals surface area contributed by atoms with Crippen LogP contribution in [0, 0.1) is 13.8 Å². The van der Waals surface area contributed by atoms with Gasteiger partial charge in [0.1, 0.15) is 27.2 Å². The molecule has 5 heterocycles. The van der Waals surface area contributed by atoms with Gasteiger partial charge in [-0.15, -0.1) is 0 Å².